The number of hydrogen-bond donors (Lipinski definition) is 2. The number of rotatable bonds is 5. The fraction of sp³-hybridized carbons (Fsp3) is 0.176. The van der Waals surface area contributed by atoms with Gasteiger partial charge in [-0.25, -0.2) is 4.39 Å². The second-order valence-corrected chi connectivity index (χ2v) is 5.09. The zero-order valence-electron chi connectivity index (χ0n) is 12.6. The first-order valence-corrected chi connectivity index (χ1v) is 6.87. The molecule has 0 saturated carbocycles. The molecule has 0 radical (unpaired) electrons. The van der Waals surface area contributed by atoms with Crippen LogP contribution >= 0.6 is 0 Å². The van der Waals surface area contributed by atoms with E-state index in [1.165, 1.54) is 12.1 Å². The van der Waals surface area contributed by atoms with E-state index in [1.807, 2.05) is 37.2 Å². The maximum absolute atomic E-state index is 13.5. The van der Waals surface area contributed by atoms with Crippen LogP contribution in [0.5, 0.6) is 0 Å². The van der Waals surface area contributed by atoms with E-state index in [0.717, 1.165) is 5.69 Å². The van der Waals surface area contributed by atoms with Crippen LogP contribution in [0.1, 0.15) is 12.0 Å². The summed E-state index contributed by atoms with van der Waals surface area (Å²) in [4.78, 5) is 13.9. The van der Waals surface area contributed by atoms with Gasteiger partial charge < -0.3 is 15.6 Å². The molecule has 0 spiro atoms. The number of halogens is 1. The third-order valence-corrected chi connectivity index (χ3v) is 3.20. The van der Waals surface area contributed by atoms with Crippen molar-refractivity contribution in [3.63, 3.8) is 0 Å². The summed E-state index contributed by atoms with van der Waals surface area (Å²) in [5.74, 6) is -0.903. The molecule has 2 aromatic carbocycles. The highest BCUT2D eigenvalue weighted by atomic mass is 19.1. The van der Waals surface area contributed by atoms with E-state index in [0.29, 0.717) is 5.56 Å². The molecule has 0 aromatic heterocycles. The van der Waals surface area contributed by atoms with Crippen LogP contribution in [0.15, 0.2) is 48.5 Å². The first-order valence-electron chi connectivity index (χ1n) is 6.87. The Morgan fingerprint density at radius 1 is 1.14 bits per heavy atom. The molecule has 0 atom stereocenters. The molecule has 5 heteroatoms. The highest BCUT2D eigenvalue weighted by Crippen LogP contribution is 2.20. The molecular weight excluding hydrogens is 281 g/mol. The molecule has 2 N–H and O–H groups in total. The number of para-hydroxylation sites is 2. The van der Waals surface area contributed by atoms with Crippen LogP contribution in [0.2, 0.25) is 0 Å². The molecule has 2 rings (SSSR count). The van der Waals surface area contributed by atoms with Gasteiger partial charge in [-0.3, -0.25) is 4.79 Å². The van der Waals surface area contributed by atoms with Gasteiger partial charge in [-0.05, 0) is 18.2 Å². The maximum Gasteiger partial charge on any atom is 0.230 e. The summed E-state index contributed by atoms with van der Waals surface area (Å²) in [5, 5.41) is 10.6. The van der Waals surface area contributed by atoms with Gasteiger partial charge in [-0.2, -0.15) is 0 Å². The molecule has 114 valence electrons. The van der Waals surface area contributed by atoms with Gasteiger partial charge in [0.2, 0.25) is 5.91 Å². The average Bonchev–Trinajstić information content (AvgIpc) is 2.49. The molecule has 0 fully saturated rings. The van der Waals surface area contributed by atoms with Crippen LogP contribution in [0.25, 0.3) is 0 Å². The Morgan fingerprint density at radius 3 is 2.45 bits per heavy atom. The number of hydrogen-bond acceptors (Lipinski definition) is 3. The Kier molecular flexibility index (Phi) is 4.88. The van der Waals surface area contributed by atoms with E-state index in [9.17, 15) is 9.18 Å². The van der Waals surface area contributed by atoms with E-state index in [2.05, 4.69) is 5.32 Å². The van der Waals surface area contributed by atoms with Gasteiger partial charge >= 0.3 is 0 Å². The lowest BCUT2D eigenvalue weighted by Crippen LogP contribution is -2.19. The highest BCUT2D eigenvalue weighted by molar-refractivity contribution is 6.14. The van der Waals surface area contributed by atoms with E-state index >= 15 is 0 Å². The van der Waals surface area contributed by atoms with Gasteiger partial charge in [0.25, 0.3) is 0 Å². The molecule has 0 unspecified atom stereocenters. The van der Waals surface area contributed by atoms with Gasteiger partial charge in [-0.15, -0.1) is 0 Å². The van der Waals surface area contributed by atoms with Crippen LogP contribution < -0.4 is 10.2 Å². The minimum Gasteiger partial charge on any atom is -0.377 e. The van der Waals surface area contributed by atoms with E-state index < -0.39 is 11.7 Å². The third-order valence-electron chi connectivity index (χ3n) is 3.20. The highest BCUT2D eigenvalue weighted by Gasteiger charge is 2.14. The number of carbonyl (C=O) groups excluding carboxylic acids is 1. The first-order chi connectivity index (χ1) is 10.5. The summed E-state index contributed by atoms with van der Waals surface area (Å²) >= 11 is 0. The fourth-order valence-electron chi connectivity index (χ4n) is 2.13. The van der Waals surface area contributed by atoms with Gasteiger partial charge in [0.05, 0.1) is 12.1 Å². The first kappa shape index (κ1) is 15.7. The lowest BCUT2D eigenvalue weighted by atomic mass is 10.0. The monoisotopic (exact) mass is 299 g/mol. The zero-order valence-corrected chi connectivity index (χ0v) is 12.6. The van der Waals surface area contributed by atoms with Gasteiger partial charge in [0.1, 0.15) is 5.82 Å². The number of benzene rings is 2. The molecular formula is C17H18FN3O. The number of carbonyl (C=O) groups is 1. The van der Waals surface area contributed by atoms with Crippen molar-refractivity contribution in [1.82, 2.24) is 0 Å². The summed E-state index contributed by atoms with van der Waals surface area (Å²) in [6.45, 7) is 0. The van der Waals surface area contributed by atoms with Crippen molar-refractivity contribution in [2.24, 2.45) is 0 Å². The van der Waals surface area contributed by atoms with Crippen molar-refractivity contribution in [3.8, 4) is 0 Å². The van der Waals surface area contributed by atoms with E-state index in [-0.39, 0.29) is 17.8 Å². The van der Waals surface area contributed by atoms with Gasteiger partial charge in [-0.1, -0.05) is 30.3 Å². The zero-order chi connectivity index (χ0) is 16.1. The summed E-state index contributed by atoms with van der Waals surface area (Å²) in [6.07, 6.45) is -0.112. The Balaban J connectivity index is 2.09. The summed E-state index contributed by atoms with van der Waals surface area (Å²) < 4.78 is 13.5. The van der Waals surface area contributed by atoms with Crippen LogP contribution in [0.3, 0.4) is 0 Å². The van der Waals surface area contributed by atoms with Crippen molar-refractivity contribution in [2.45, 2.75) is 6.42 Å². The Morgan fingerprint density at radius 2 is 1.77 bits per heavy atom. The molecule has 1 amide bonds. The van der Waals surface area contributed by atoms with Crippen LogP contribution in [0.4, 0.5) is 15.8 Å². The second-order valence-electron chi connectivity index (χ2n) is 5.09. The lowest BCUT2D eigenvalue weighted by molar-refractivity contribution is -0.115. The topological polar surface area (TPSA) is 56.2 Å². The van der Waals surface area contributed by atoms with E-state index in [4.69, 9.17) is 5.41 Å². The molecule has 22 heavy (non-hydrogen) atoms. The lowest BCUT2D eigenvalue weighted by Gasteiger charge is -2.17. The second kappa shape index (κ2) is 6.85. The minimum atomic E-state index is -0.490. The standard InChI is InChI=1S/C17H18FN3O/c1-21(2)16-10-6-3-7-12(16)14(19)11-17(22)20-15-9-5-4-8-13(15)18/h3-10,19H,11H2,1-2H3,(H,20,22). The smallest absolute Gasteiger partial charge is 0.230 e. The molecule has 0 saturated heterocycles. The maximum atomic E-state index is 13.5. The SMILES string of the molecule is CN(C)c1ccccc1C(=N)CC(=O)Nc1ccccc1F. The summed E-state index contributed by atoms with van der Waals surface area (Å²) in [6, 6.07) is 13.4. The summed E-state index contributed by atoms with van der Waals surface area (Å²) in [5.41, 5.74) is 1.88. The molecule has 0 aliphatic rings. The number of amides is 1. The predicted molar refractivity (Wildman–Crippen MR) is 87.2 cm³/mol. The van der Waals surface area contributed by atoms with Crippen LogP contribution in [-0.4, -0.2) is 25.7 Å². The normalized spacial score (nSPS) is 10.1. The molecule has 0 aliphatic carbocycles. The van der Waals surface area contributed by atoms with E-state index in [1.54, 1.807) is 18.2 Å². The van der Waals surface area contributed by atoms with Crippen LogP contribution in [-0.2, 0) is 4.79 Å². The Bertz CT molecular complexity index is 698. The Hall–Kier alpha value is -2.69. The molecule has 0 bridgehead atoms. The number of nitrogens with one attached hydrogen (secondary N) is 2. The summed E-state index contributed by atoms with van der Waals surface area (Å²) in [7, 11) is 3.76. The van der Waals surface area contributed by atoms with Crippen molar-refractivity contribution >= 4 is 23.0 Å². The van der Waals surface area contributed by atoms with Crippen molar-refractivity contribution in [2.75, 3.05) is 24.3 Å². The van der Waals surface area contributed by atoms with Crippen molar-refractivity contribution in [1.29, 1.82) is 5.41 Å². The third kappa shape index (κ3) is 3.69. The minimum absolute atomic E-state index is 0.112. The van der Waals surface area contributed by atoms with Gasteiger partial charge in [0, 0.05) is 31.1 Å². The predicted octanol–water partition coefficient (Wildman–Crippen LogP) is 3.29. The van der Waals surface area contributed by atoms with Gasteiger partial charge in [0.15, 0.2) is 0 Å². The molecule has 0 heterocycles. The quantitative estimate of drug-likeness (QED) is 0.832. The van der Waals surface area contributed by atoms with Crippen molar-refractivity contribution < 1.29 is 9.18 Å². The number of nitrogens with zero attached hydrogens (tertiary/aromatic N) is 1. The largest absolute Gasteiger partial charge is 0.377 e. The van der Waals surface area contributed by atoms with Crippen LogP contribution in [0, 0.1) is 11.2 Å². The van der Waals surface area contributed by atoms with Crippen molar-refractivity contribution in [3.05, 3.63) is 59.9 Å². The molecule has 4 nitrogen and oxygen atoms in total. The fourth-order valence-corrected chi connectivity index (χ4v) is 2.13. The Labute approximate surface area is 129 Å². The molecule has 2 aromatic rings. The molecule has 0 aliphatic heterocycles. The number of anilines is 2. The average molecular weight is 299 g/mol.